The van der Waals surface area contributed by atoms with Crippen LogP contribution in [0.15, 0.2) is 66.1 Å². The summed E-state index contributed by atoms with van der Waals surface area (Å²) in [5.41, 5.74) is 1.74. The molecule has 0 aliphatic heterocycles. The second-order valence-corrected chi connectivity index (χ2v) is 8.74. The third-order valence-electron chi connectivity index (χ3n) is 4.26. The van der Waals surface area contributed by atoms with E-state index in [1.807, 2.05) is 22.9 Å². The number of imidazole rings is 1. The van der Waals surface area contributed by atoms with Crippen LogP contribution in [0.1, 0.15) is 29.8 Å². The molecule has 0 saturated carbocycles. The predicted octanol–water partition coefficient (Wildman–Crippen LogP) is 2.88. The molecular formula is C21H24N4O4S. The number of methoxy groups -OCH3 is 1. The summed E-state index contributed by atoms with van der Waals surface area (Å²) in [5, 5.41) is 2.74. The minimum atomic E-state index is -3.70. The lowest BCUT2D eigenvalue weighted by atomic mass is 10.1. The number of ether oxygens (including phenoxy) is 1. The van der Waals surface area contributed by atoms with Gasteiger partial charge >= 0.3 is 0 Å². The minimum absolute atomic E-state index is 0.0444. The van der Waals surface area contributed by atoms with E-state index in [2.05, 4.69) is 15.0 Å². The molecular weight excluding hydrogens is 404 g/mol. The van der Waals surface area contributed by atoms with Crippen molar-refractivity contribution in [1.82, 2.24) is 14.3 Å². The summed E-state index contributed by atoms with van der Waals surface area (Å²) in [6, 6.07) is 11.2. The molecule has 30 heavy (non-hydrogen) atoms. The van der Waals surface area contributed by atoms with Crippen LogP contribution >= 0.6 is 0 Å². The number of anilines is 1. The summed E-state index contributed by atoms with van der Waals surface area (Å²) >= 11 is 0. The predicted molar refractivity (Wildman–Crippen MR) is 114 cm³/mol. The number of amides is 1. The third-order valence-corrected chi connectivity index (χ3v) is 5.92. The van der Waals surface area contributed by atoms with Gasteiger partial charge in [0.15, 0.2) is 0 Å². The standard InChI is InChI=1S/C21H24N4O4S/c1-15(2)24-30(27,28)18-8-9-20(29-3)19(12-18)23-21(26)17-6-4-16(5-7-17)13-25-11-10-22-14-25/h4-12,14-15,24H,13H2,1-3H3,(H,23,26). The molecule has 2 aromatic carbocycles. The lowest BCUT2D eigenvalue weighted by molar-refractivity contribution is 0.102. The normalized spacial score (nSPS) is 11.5. The molecule has 0 bridgehead atoms. The van der Waals surface area contributed by atoms with Crippen LogP contribution in [0.2, 0.25) is 0 Å². The van der Waals surface area contributed by atoms with Gasteiger partial charge in [-0.1, -0.05) is 12.1 Å². The van der Waals surface area contributed by atoms with Crippen LogP contribution in [0.5, 0.6) is 5.75 Å². The fourth-order valence-electron chi connectivity index (χ4n) is 2.88. The summed E-state index contributed by atoms with van der Waals surface area (Å²) in [5.74, 6) is -0.00239. The van der Waals surface area contributed by atoms with Gasteiger partial charge in [0, 0.05) is 30.5 Å². The van der Waals surface area contributed by atoms with Crippen LogP contribution < -0.4 is 14.8 Å². The van der Waals surface area contributed by atoms with Gasteiger partial charge in [0.1, 0.15) is 5.75 Å². The van der Waals surface area contributed by atoms with E-state index in [1.165, 1.54) is 25.3 Å². The summed E-state index contributed by atoms with van der Waals surface area (Å²) in [6.45, 7) is 4.12. The second-order valence-electron chi connectivity index (χ2n) is 7.02. The van der Waals surface area contributed by atoms with Crippen LogP contribution in [0.4, 0.5) is 5.69 Å². The average molecular weight is 429 g/mol. The maximum absolute atomic E-state index is 12.7. The second kappa shape index (κ2) is 9.10. The van der Waals surface area contributed by atoms with Crippen molar-refractivity contribution in [2.45, 2.75) is 31.3 Å². The quantitative estimate of drug-likeness (QED) is 0.574. The molecule has 0 radical (unpaired) electrons. The summed E-state index contributed by atoms with van der Waals surface area (Å²) in [7, 11) is -2.25. The molecule has 9 heteroatoms. The third kappa shape index (κ3) is 5.25. The molecule has 158 valence electrons. The zero-order valence-corrected chi connectivity index (χ0v) is 17.8. The van der Waals surface area contributed by atoms with Crippen molar-refractivity contribution in [2.75, 3.05) is 12.4 Å². The Balaban J connectivity index is 1.79. The molecule has 2 N–H and O–H groups in total. The van der Waals surface area contributed by atoms with Crippen LogP contribution in [0.25, 0.3) is 0 Å². The SMILES string of the molecule is COc1ccc(S(=O)(=O)NC(C)C)cc1NC(=O)c1ccc(Cn2ccnc2)cc1. The Morgan fingerprint density at radius 3 is 2.50 bits per heavy atom. The highest BCUT2D eigenvalue weighted by molar-refractivity contribution is 7.89. The minimum Gasteiger partial charge on any atom is -0.495 e. The van der Waals surface area contributed by atoms with E-state index in [4.69, 9.17) is 4.74 Å². The lowest BCUT2D eigenvalue weighted by Crippen LogP contribution is -2.30. The molecule has 0 aliphatic rings. The van der Waals surface area contributed by atoms with Crippen molar-refractivity contribution >= 4 is 21.6 Å². The highest BCUT2D eigenvalue weighted by Gasteiger charge is 2.19. The van der Waals surface area contributed by atoms with Crippen molar-refractivity contribution in [3.05, 3.63) is 72.3 Å². The van der Waals surface area contributed by atoms with E-state index in [-0.39, 0.29) is 22.5 Å². The highest BCUT2D eigenvalue weighted by atomic mass is 32.2. The van der Waals surface area contributed by atoms with Crippen molar-refractivity contribution in [3.63, 3.8) is 0 Å². The fraction of sp³-hybridized carbons (Fsp3) is 0.238. The van der Waals surface area contributed by atoms with Crippen LogP contribution in [-0.2, 0) is 16.6 Å². The first kappa shape index (κ1) is 21.5. The zero-order valence-electron chi connectivity index (χ0n) is 17.0. The number of nitrogens with one attached hydrogen (secondary N) is 2. The van der Waals surface area contributed by atoms with Crippen molar-refractivity contribution in [2.24, 2.45) is 0 Å². The van der Waals surface area contributed by atoms with Gasteiger partial charge in [-0.3, -0.25) is 4.79 Å². The lowest BCUT2D eigenvalue weighted by Gasteiger charge is -2.14. The van der Waals surface area contributed by atoms with Crippen LogP contribution in [0, 0.1) is 0 Å². The molecule has 0 spiro atoms. The highest BCUT2D eigenvalue weighted by Crippen LogP contribution is 2.28. The van der Waals surface area contributed by atoms with Gasteiger partial charge in [-0.25, -0.2) is 18.1 Å². The number of rotatable bonds is 8. The summed E-state index contributed by atoms with van der Waals surface area (Å²) in [6.07, 6.45) is 5.30. The van der Waals surface area contributed by atoms with E-state index in [9.17, 15) is 13.2 Å². The monoisotopic (exact) mass is 428 g/mol. The van der Waals surface area contributed by atoms with E-state index < -0.39 is 10.0 Å². The van der Waals surface area contributed by atoms with E-state index in [0.29, 0.717) is 17.9 Å². The molecule has 0 aliphatic carbocycles. The number of aromatic nitrogens is 2. The number of hydrogen-bond acceptors (Lipinski definition) is 5. The van der Waals surface area contributed by atoms with Gasteiger partial charge in [0.2, 0.25) is 10.0 Å². The average Bonchev–Trinajstić information content (AvgIpc) is 3.20. The molecule has 1 aromatic heterocycles. The maximum Gasteiger partial charge on any atom is 0.255 e. The van der Waals surface area contributed by atoms with Crippen LogP contribution in [-0.4, -0.2) is 37.0 Å². The van der Waals surface area contributed by atoms with E-state index >= 15 is 0 Å². The molecule has 3 rings (SSSR count). The number of nitrogens with zero attached hydrogens (tertiary/aromatic N) is 2. The van der Waals surface area contributed by atoms with Gasteiger partial charge in [0.05, 0.1) is 24.0 Å². The molecule has 3 aromatic rings. The van der Waals surface area contributed by atoms with Gasteiger partial charge in [-0.05, 0) is 49.7 Å². The smallest absolute Gasteiger partial charge is 0.255 e. The molecule has 8 nitrogen and oxygen atoms in total. The van der Waals surface area contributed by atoms with Crippen molar-refractivity contribution < 1.29 is 17.9 Å². The Morgan fingerprint density at radius 1 is 1.17 bits per heavy atom. The van der Waals surface area contributed by atoms with Gasteiger partial charge in [-0.15, -0.1) is 0 Å². The largest absolute Gasteiger partial charge is 0.495 e. The Labute approximate surface area is 176 Å². The van der Waals surface area contributed by atoms with Gasteiger partial charge in [-0.2, -0.15) is 0 Å². The number of carbonyl (C=O) groups excluding carboxylic acids is 1. The molecule has 1 amide bonds. The van der Waals surface area contributed by atoms with Crippen molar-refractivity contribution in [3.8, 4) is 5.75 Å². The fourth-order valence-corrected chi connectivity index (χ4v) is 4.15. The number of hydrogen-bond donors (Lipinski definition) is 2. The summed E-state index contributed by atoms with van der Waals surface area (Å²) in [4.78, 5) is 16.8. The summed E-state index contributed by atoms with van der Waals surface area (Å²) < 4.78 is 34.6. The number of sulfonamides is 1. The Kier molecular flexibility index (Phi) is 6.53. The number of benzene rings is 2. The van der Waals surface area contributed by atoms with Crippen LogP contribution in [0.3, 0.4) is 0 Å². The molecule has 0 fully saturated rings. The van der Waals surface area contributed by atoms with E-state index in [1.54, 1.807) is 38.5 Å². The first-order chi connectivity index (χ1) is 14.3. The molecule has 1 heterocycles. The Morgan fingerprint density at radius 2 is 1.90 bits per heavy atom. The van der Waals surface area contributed by atoms with Gasteiger partial charge in [0.25, 0.3) is 5.91 Å². The van der Waals surface area contributed by atoms with Crippen molar-refractivity contribution in [1.29, 1.82) is 0 Å². The maximum atomic E-state index is 12.7. The zero-order chi connectivity index (χ0) is 21.7. The molecule has 0 atom stereocenters. The Bertz CT molecular complexity index is 1110. The Hall–Kier alpha value is -3.17. The first-order valence-electron chi connectivity index (χ1n) is 9.35. The topological polar surface area (TPSA) is 102 Å². The molecule has 0 saturated heterocycles. The molecule has 0 unspecified atom stereocenters. The van der Waals surface area contributed by atoms with Gasteiger partial charge < -0.3 is 14.6 Å². The first-order valence-corrected chi connectivity index (χ1v) is 10.8. The number of carbonyl (C=O) groups is 1. The van der Waals surface area contributed by atoms with E-state index in [0.717, 1.165) is 5.56 Å².